The summed E-state index contributed by atoms with van der Waals surface area (Å²) in [6.07, 6.45) is 1.91. The van der Waals surface area contributed by atoms with Gasteiger partial charge < -0.3 is 9.09 Å². The van der Waals surface area contributed by atoms with Crippen molar-refractivity contribution in [3.8, 4) is 11.1 Å². The van der Waals surface area contributed by atoms with E-state index in [0.717, 1.165) is 46.1 Å². The summed E-state index contributed by atoms with van der Waals surface area (Å²) in [7, 11) is 0. The van der Waals surface area contributed by atoms with Gasteiger partial charge in [0.05, 0.1) is 23.1 Å². The maximum atomic E-state index is 5.35. The summed E-state index contributed by atoms with van der Waals surface area (Å²) in [5, 5.41) is 4.09. The number of hydrogen-bond donors (Lipinski definition) is 0. The van der Waals surface area contributed by atoms with Gasteiger partial charge in [-0.05, 0) is 55.5 Å². The molecule has 0 aliphatic rings. The highest BCUT2D eigenvalue weighted by Gasteiger charge is 2.16. The minimum absolute atomic E-state index is 0.807. The fourth-order valence-electron chi connectivity index (χ4n) is 3.25. The van der Waals surface area contributed by atoms with Gasteiger partial charge in [-0.1, -0.05) is 56.3 Å². The van der Waals surface area contributed by atoms with E-state index in [0.29, 0.717) is 0 Å². The van der Waals surface area contributed by atoms with Crippen LogP contribution in [0, 0.1) is 26.7 Å². The Morgan fingerprint density at radius 2 is 1.68 bits per heavy atom. The van der Waals surface area contributed by atoms with Crippen LogP contribution in [-0.4, -0.2) is 14.7 Å². The molecule has 4 nitrogen and oxygen atoms in total. The Morgan fingerprint density at radius 1 is 1.00 bits per heavy atom. The number of hydrogen-bond acceptors (Lipinski definition) is 3. The van der Waals surface area contributed by atoms with Crippen LogP contribution < -0.4 is 0 Å². The van der Waals surface area contributed by atoms with E-state index in [1.165, 1.54) is 11.1 Å². The van der Waals surface area contributed by atoms with Crippen LogP contribution in [0.4, 0.5) is 0 Å². The maximum Gasteiger partial charge on any atom is 0.141 e. The van der Waals surface area contributed by atoms with Crippen molar-refractivity contribution >= 4 is 11.0 Å². The Morgan fingerprint density at radius 3 is 2.29 bits per heavy atom. The van der Waals surface area contributed by atoms with E-state index in [2.05, 4.69) is 78.8 Å². The molecule has 0 amide bonds. The first-order valence-electron chi connectivity index (χ1n) is 9.79. The minimum Gasteiger partial charge on any atom is -0.361 e. The first kappa shape index (κ1) is 19.9. The summed E-state index contributed by atoms with van der Waals surface area (Å²) in [6.45, 7) is 13.4. The fraction of sp³-hybridized carbons (Fsp3) is 0.333. The Balaban J connectivity index is 0.000000516. The second-order valence-corrected chi connectivity index (χ2v) is 7.95. The predicted molar refractivity (Wildman–Crippen MR) is 115 cm³/mol. The fourth-order valence-corrected chi connectivity index (χ4v) is 3.25. The molecule has 0 unspecified atom stereocenters. The van der Waals surface area contributed by atoms with E-state index in [4.69, 9.17) is 4.52 Å². The first-order chi connectivity index (χ1) is 13.4. The highest BCUT2D eigenvalue weighted by Crippen LogP contribution is 2.32. The van der Waals surface area contributed by atoms with Crippen molar-refractivity contribution in [1.82, 2.24) is 14.7 Å². The van der Waals surface area contributed by atoms with Crippen molar-refractivity contribution in [3.05, 3.63) is 71.4 Å². The molecule has 0 fully saturated rings. The van der Waals surface area contributed by atoms with E-state index >= 15 is 0 Å². The number of fused-ring (bicyclic) bond motifs is 1. The quantitative estimate of drug-likeness (QED) is 0.420. The third-order valence-electron chi connectivity index (χ3n) is 4.47. The molecular weight excluding hydrogens is 346 g/mol. The molecule has 0 radical (unpaired) electrons. The standard InChI is InChI=1S/C20H19N3O.C4H10/c1-13-9-18-19(10-17(13)20-14(2)22-24-15(20)3)23(12-21-18)11-16-7-5-4-6-8-16;1-4(2)3/h4-10,12H,11H2,1-3H3;4H,1-3H3. The summed E-state index contributed by atoms with van der Waals surface area (Å²) in [5.74, 6) is 1.68. The van der Waals surface area contributed by atoms with Crippen LogP contribution in [-0.2, 0) is 6.54 Å². The van der Waals surface area contributed by atoms with Crippen LogP contribution >= 0.6 is 0 Å². The summed E-state index contributed by atoms with van der Waals surface area (Å²) >= 11 is 0. The van der Waals surface area contributed by atoms with E-state index in [-0.39, 0.29) is 0 Å². The lowest BCUT2D eigenvalue weighted by atomic mass is 9.98. The first-order valence-corrected chi connectivity index (χ1v) is 9.79. The third kappa shape index (κ3) is 4.33. The van der Waals surface area contributed by atoms with Crippen LogP contribution in [0.3, 0.4) is 0 Å². The van der Waals surface area contributed by atoms with E-state index in [1.807, 2.05) is 26.2 Å². The van der Waals surface area contributed by atoms with Gasteiger partial charge in [0.15, 0.2) is 0 Å². The van der Waals surface area contributed by atoms with Gasteiger partial charge in [-0.15, -0.1) is 0 Å². The van der Waals surface area contributed by atoms with Gasteiger partial charge in [-0.2, -0.15) is 0 Å². The van der Waals surface area contributed by atoms with Crippen molar-refractivity contribution < 1.29 is 4.52 Å². The second-order valence-electron chi connectivity index (χ2n) is 7.95. The van der Waals surface area contributed by atoms with Crippen molar-refractivity contribution in [2.24, 2.45) is 5.92 Å². The summed E-state index contributed by atoms with van der Waals surface area (Å²) in [4.78, 5) is 4.57. The molecule has 4 heteroatoms. The van der Waals surface area contributed by atoms with Gasteiger partial charge in [-0.25, -0.2) is 4.98 Å². The maximum absolute atomic E-state index is 5.35. The molecule has 4 rings (SSSR count). The van der Waals surface area contributed by atoms with Gasteiger partial charge >= 0.3 is 0 Å². The van der Waals surface area contributed by atoms with Crippen molar-refractivity contribution in [2.75, 3.05) is 0 Å². The lowest BCUT2D eigenvalue weighted by Gasteiger charge is -2.09. The average molecular weight is 376 g/mol. The average Bonchev–Trinajstić information content (AvgIpc) is 3.17. The van der Waals surface area contributed by atoms with Crippen molar-refractivity contribution in [1.29, 1.82) is 0 Å². The van der Waals surface area contributed by atoms with Gasteiger partial charge in [0.25, 0.3) is 0 Å². The molecule has 146 valence electrons. The smallest absolute Gasteiger partial charge is 0.141 e. The molecule has 2 aromatic carbocycles. The Labute approximate surface area is 167 Å². The minimum atomic E-state index is 0.807. The van der Waals surface area contributed by atoms with Gasteiger partial charge in [0.1, 0.15) is 5.76 Å². The van der Waals surface area contributed by atoms with Crippen molar-refractivity contribution in [3.63, 3.8) is 0 Å². The molecule has 4 aromatic rings. The third-order valence-corrected chi connectivity index (χ3v) is 4.47. The van der Waals surface area contributed by atoms with Gasteiger partial charge in [-0.3, -0.25) is 0 Å². The molecule has 0 aliphatic heterocycles. The molecule has 0 bridgehead atoms. The van der Waals surface area contributed by atoms with E-state index in [9.17, 15) is 0 Å². The number of benzene rings is 2. The lowest BCUT2D eigenvalue weighted by molar-refractivity contribution is 0.393. The number of nitrogens with zero attached hydrogens (tertiary/aromatic N) is 3. The molecule has 0 saturated carbocycles. The zero-order valence-electron chi connectivity index (χ0n) is 17.7. The SMILES string of the molecule is CC(C)C.Cc1cc2ncn(Cc3ccccc3)c2cc1-c1c(C)noc1C. The number of imidazole rings is 1. The monoisotopic (exact) mass is 375 g/mol. The zero-order chi connectivity index (χ0) is 20.3. The van der Waals surface area contributed by atoms with E-state index < -0.39 is 0 Å². The molecule has 0 spiro atoms. The van der Waals surface area contributed by atoms with Gasteiger partial charge in [0, 0.05) is 12.1 Å². The summed E-state index contributed by atoms with van der Waals surface area (Å²) in [5.41, 5.74) is 7.75. The molecule has 2 aromatic heterocycles. The molecule has 0 saturated heterocycles. The summed E-state index contributed by atoms with van der Waals surface area (Å²) < 4.78 is 7.54. The Hall–Kier alpha value is -2.88. The van der Waals surface area contributed by atoms with Crippen LogP contribution in [0.15, 0.2) is 53.3 Å². The topological polar surface area (TPSA) is 43.9 Å². The normalized spacial score (nSPS) is 11.0. The Kier molecular flexibility index (Phi) is 5.98. The number of rotatable bonds is 3. The molecule has 0 N–H and O–H groups in total. The van der Waals surface area contributed by atoms with Crippen LogP contribution in [0.25, 0.3) is 22.2 Å². The van der Waals surface area contributed by atoms with Crippen molar-refractivity contribution in [2.45, 2.75) is 48.1 Å². The van der Waals surface area contributed by atoms with E-state index in [1.54, 1.807) is 0 Å². The zero-order valence-corrected chi connectivity index (χ0v) is 17.7. The highest BCUT2D eigenvalue weighted by molar-refractivity contribution is 5.85. The summed E-state index contributed by atoms with van der Waals surface area (Å²) in [6, 6.07) is 14.8. The molecule has 0 aliphatic carbocycles. The Bertz CT molecular complexity index is 1040. The van der Waals surface area contributed by atoms with Crippen LogP contribution in [0.1, 0.15) is 43.4 Å². The van der Waals surface area contributed by atoms with Gasteiger partial charge in [0.2, 0.25) is 0 Å². The van der Waals surface area contributed by atoms with Crippen LogP contribution in [0.2, 0.25) is 0 Å². The second kappa shape index (κ2) is 8.42. The molecule has 0 atom stereocenters. The molecule has 28 heavy (non-hydrogen) atoms. The number of aromatic nitrogens is 3. The predicted octanol–water partition coefficient (Wildman–Crippen LogP) is 6.33. The molecular formula is C24H29N3O. The lowest BCUT2D eigenvalue weighted by Crippen LogP contribution is -1.98. The highest BCUT2D eigenvalue weighted by atomic mass is 16.5. The largest absolute Gasteiger partial charge is 0.361 e. The van der Waals surface area contributed by atoms with Crippen LogP contribution in [0.5, 0.6) is 0 Å². The number of aryl methyl sites for hydroxylation is 3. The molecule has 2 heterocycles.